The second kappa shape index (κ2) is 14.0. The van der Waals surface area contributed by atoms with Crippen molar-refractivity contribution in [2.75, 3.05) is 17.2 Å². The van der Waals surface area contributed by atoms with Crippen molar-refractivity contribution in [3.63, 3.8) is 0 Å². The molecule has 0 saturated heterocycles. The molecule has 0 radical (unpaired) electrons. The number of fused-ring (bicyclic) bond motifs is 1. The molecule has 0 bridgehead atoms. The fourth-order valence-corrected chi connectivity index (χ4v) is 8.52. The molecule has 2 aromatic carbocycles. The number of nitrogens with zero attached hydrogens (tertiary/aromatic N) is 2. The van der Waals surface area contributed by atoms with Crippen molar-refractivity contribution >= 4 is 56.2 Å². The Morgan fingerprint density at radius 2 is 1.88 bits per heavy atom. The molecule has 6 heteroatoms. The zero-order valence-electron chi connectivity index (χ0n) is 23.8. The molecule has 0 spiro atoms. The molecule has 1 unspecified atom stereocenters. The van der Waals surface area contributed by atoms with Crippen molar-refractivity contribution < 1.29 is 9.90 Å². The van der Waals surface area contributed by atoms with Crippen LogP contribution in [0.4, 0.5) is 11.4 Å². The van der Waals surface area contributed by atoms with E-state index in [1.807, 2.05) is 12.1 Å². The molecule has 3 heterocycles. The second-order valence-electron chi connectivity index (χ2n) is 10.8. The number of aryl methyl sites for hydroxylation is 2. The minimum absolute atomic E-state index is 0.0136. The van der Waals surface area contributed by atoms with Gasteiger partial charge in [0.05, 0.1) is 0 Å². The number of nitriles is 1. The summed E-state index contributed by atoms with van der Waals surface area (Å²) in [6.07, 6.45) is 15.1. The van der Waals surface area contributed by atoms with Gasteiger partial charge in [0.15, 0.2) is 0 Å². The number of rotatable bonds is 12. The molecule has 0 amide bonds. The Labute approximate surface area is 250 Å². The molecule has 5 rings (SSSR count). The van der Waals surface area contributed by atoms with Gasteiger partial charge in [-0.2, -0.15) is 15.7 Å². The van der Waals surface area contributed by atoms with Crippen LogP contribution in [0.3, 0.4) is 0 Å². The lowest BCUT2D eigenvalue weighted by atomic mass is 10.00. The van der Waals surface area contributed by atoms with Gasteiger partial charge in [0.25, 0.3) is 0 Å². The summed E-state index contributed by atoms with van der Waals surface area (Å²) >= 11 is 1.54. The molecular formula is C35H38N2O2S2. The van der Waals surface area contributed by atoms with Gasteiger partial charge in [-0.15, -0.1) is 11.3 Å². The predicted octanol–water partition coefficient (Wildman–Crippen LogP) is 9.25. The van der Waals surface area contributed by atoms with Gasteiger partial charge in [-0.1, -0.05) is 57.2 Å². The normalized spacial score (nSPS) is 16.6. The number of allylic oxidation sites excluding steroid dienone is 1. The van der Waals surface area contributed by atoms with Crippen LogP contribution in [-0.4, -0.2) is 28.7 Å². The van der Waals surface area contributed by atoms with Gasteiger partial charge in [0.2, 0.25) is 0 Å². The molecule has 1 N–H and O–H groups in total. The summed E-state index contributed by atoms with van der Waals surface area (Å²) in [5.74, 6) is -0.236. The first-order chi connectivity index (χ1) is 20.1. The number of aliphatic carboxylic acids is 1. The third-order valence-corrected chi connectivity index (χ3v) is 10.9. The molecule has 1 aromatic heterocycles. The van der Waals surface area contributed by atoms with Crippen LogP contribution < -0.4 is 4.90 Å². The van der Waals surface area contributed by atoms with Crippen LogP contribution in [0.15, 0.2) is 71.1 Å². The third-order valence-electron chi connectivity index (χ3n) is 7.86. The zero-order valence-corrected chi connectivity index (χ0v) is 25.4. The standard InChI is InChI=1S/C35H38N2O2S2/c1-2-3-4-5-6-7-9-26-11-13-30(14-12-26)37-20-8-10-27-23-32(16-17-33(27)37)41-21-19-28(25-41)34-18-15-31(40-34)22-29(24-36)35(38)39/h11-19,21-23H,2-10,20,25H2,1H3,(H,38,39)/b29-22+. The lowest BCUT2D eigenvalue weighted by molar-refractivity contribution is -0.132. The van der Waals surface area contributed by atoms with Crippen LogP contribution in [0.1, 0.15) is 72.8 Å². The first kappa shape index (κ1) is 29.1. The largest absolute Gasteiger partial charge is 0.477 e. The lowest BCUT2D eigenvalue weighted by Gasteiger charge is -2.32. The van der Waals surface area contributed by atoms with E-state index in [0.29, 0.717) is 0 Å². The maximum absolute atomic E-state index is 11.2. The zero-order chi connectivity index (χ0) is 28.6. The lowest BCUT2D eigenvalue weighted by Crippen LogP contribution is -2.24. The van der Waals surface area contributed by atoms with E-state index in [4.69, 9.17) is 10.4 Å². The SMILES string of the molecule is CCCCCCCCc1ccc(N2CCCc3cc(S4=CC=C(c5ccc(/C=C(\C#N)C(=O)O)s5)C4)ccc32)cc1. The quantitative estimate of drug-likeness (QED) is 0.100. The molecule has 2 aliphatic rings. The summed E-state index contributed by atoms with van der Waals surface area (Å²) in [7, 11) is 0.0136. The highest BCUT2D eigenvalue weighted by Crippen LogP contribution is 2.42. The molecular weight excluding hydrogens is 545 g/mol. The average molecular weight is 583 g/mol. The Bertz CT molecular complexity index is 1520. The van der Waals surface area contributed by atoms with Gasteiger partial charge in [0, 0.05) is 38.3 Å². The topological polar surface area (TPSA) is 64.3 Å². The van der Waals surface area contributed by atoms with Crippen LogP contribution in [0, 0.1) is 11.3 Å². The van der Waals surface area contributed by atoms with Crippen molar-refractivity contribution in [1.82, 2.24) is 0 Å². The Kier molecular flexibility index (Phi) is 9.92. The van der Waals surface area contributed by atoms with Crippen LogP contribution in [0.2, 0.25) is 0 Å². The van der Waals surface area contributed by atoms with E-state index in [1.165, 1.54) is 95.3 Å². The number of anilines is 2. The van der Waals surface area contributed by atoms with Crippen LogP contribution in [0.25, 0.3) is 11.6 Å². The molecule has 0 fully saturated rings. The van der Waals surface area contributed by atoms with Crippen molar-refractivity contribution in [3.05, 3.63) is 87.1 Å². The van der Waals surface area contributed by atoms with Crippen LogP contribution in [-0.2, 0) is 17.6 Å². The van der Waals surface area contributed by atoms with Crippen LogP contribution >= 0.6 is 21.8 Å². The fourth-order valence-electron chi connectivity index (χ4n) is 5.59. The molecule has 4 nitrogen and oxygen atoms in total. The summed E-state index contributed by atoms with van der Waals surface area (Å²) in [6.45, 7) is 3.32. The predicted molar refractivity (Wildman–Crippen MR) is 176 cm³/mol. The number of carboxylic acids is 1. The van der Waals surface area contributed by atoms with E-state index in [-0.39, 0.29) is 16.1 Å². The maximum atomic E-state index is 11.2. The minimum Gasteiger partial charge on any atom is -0.477 e. The van der Waals surface area contributed by atoms with Gasteiger partial charge >= 0.3 is 5.97 Å². The van der Waals surface area contributed by atoms with E-state index < -0.39 is 5.97 Å². The fraction of sp³-hybridized carbons (Fsp3) is 0.343. The first-order valence-electron chi connectivity index (χ1n) is 14.7. The highest BCUT2D eigenvalue weighted by Gasteiger charge is 2.20. The smallest absolute Gasteiger partial charge is 0.346 e. The van der Waals surface area contributed by atoms with Crippen molar-refractivity contribution in [2.24, 2.45) is 0 Å². The summed E-state index contributed by atoms with van der Waals surface area (Å²) in [5, 5.41) is 20.5. The number of carboxylic acid groups (broad SMARTS) is 1. The Morgan fingerprint density at radius 1 is 1.07 bits per heavy atom. The first-order valence-corrected chi connectivity index (χ1v) is 17.0. The summed E-state index contributed by atoms with van der Waals surface area (Å²) in [6, 6.07) is 22.0. The van der Waals surface area contributed by atoms with Crippen molar-refractivity contribution in [1.29, 1.82) is 5.26 Å². The third kappa shape index (κ3) is 7.28. The summed E-state index contributed by atoms with van der Waals surface area (Å²) in [4.78, 5) is 17.0. The Balaban J connectivity index is 1.21. The monoisotopic (exact) mass is 582 g/mol. The highest BCUT2D eigenvalue weighted by atomic mass is 32.2. The summed E-state index contributed by atoms with van der Waals surface area (Å²) < 4.78 is 0. The van der Waals surface area contributed by atoms with E-state index in [1.54, 1.807) is 6.07 Å². The number of carbonyl (C=O) groups is 1. The van der Waals surface area contributed by atoms with Gasteiger partial charge in [-0.25, -0.2) is 4.79 Å². The average Bonchev–Trinajstić information content (AvgIpc) is 3.67. The molecule has 3 aromatic rings. The van der Waals surface area contributed by atoms with Gasteiger partial charge in [-0.3, -0.25) is 0 Å². The highest BCUT2D eigenvalue weighted by molar-refractivity contribution is 8.16. The van der Waals surface area contributed by atoms with E-state index >= 15 is 0 Å². The Hall–Kier alpha value is -3.40. The van der Waals surface area contributed by atoms with Gasteiger partial charge in [0.1, 0.15) is 11.6 Å². The molecule has 41 heavy (non-hydrogen) atoms. The maximum Gasteiger partial charge on any atom is 0.346 e. The molecule has 2 aliphatic heterocycles. The second-order valence-corrected chi connectivity index (χ2v) is 13.8. The number of hydrogen-bond acceptors (Lipinski definition) is 4. The van der Waals surface area contributed by atoms with Crippen molar-refractivity contribution in [2.45, 2.75) is 69.6 Å². The van der Waals surface area contributed by atoms with Crippen molar-refractivity contribution in [3.8, 4) is 6.07 Å². The van der Waals surface area contributed by atoms with Crippen LogP contribution in [0.5, 0.6) is 0 Å². The number of benzene rings is 2. The number of thiophene rings is 1. The molecule has 212 valence electrons. The Morgan fingerprint density at radius 3 is 2.66 bits per heavy atom. The van der Waals surface area contributed by atoms with E-state index in [0.717, 1.165) is 34.9 Å². The minimum atomic E-state index is -1.19. The number of hydrogen-bond donors (Lipinski definition) is 1. The molecule has 0 aliphatic carbocycles. The summed E-state index contributed by atoms with van der Waals surface area (Å²) in [5.41, 5.74) is 6.53. The van der Waals surface area contributed by atoms with Gasteiger partial charge < -0.3 is 10.0 Å². The van der Waals surface area contributed by atoms with Gasteiger partial charge in [-0.05, 0) is 96.3 Å². The molecule has 0 saturated carbocycles. The number of unbranched alkanes of at least 4 members (excludes halogenated alkanes) is 5. The van der Waals surface area contributed by atoms with E-state index in [9.17, 15) is 4.79 Å². The van der Waals surface area contributed by atoms with E-state index in [2.05, 4.69) is 65.7 Å². The molecule has 1 atom stereocenters.